The molecule has 3 heterocycles. The van der Waals surface area contributed by atoms with Crippen molar-refractivity contribution in [2.75, 3.05) is 13.1 Å². The Morgan fingerprint density at radius 2 is 2.07 bits per heavy atom. The van der Waals surface area contributed by atoms with E-state index in [1.54, 1.807) is 0 Å². The van der Waals surface area contributed by atoms with Gasteiger partial charge in [0.15, 0.2) is 0 Å². The van der Waals surface area contributed by atoms with E-state index in [1.807, 2.05) is 24.4 Å². The number of pyridine rings is 1. The van der Waals surface area contributed by atoms with E-state index >= 15 is 0 Å². The standard InChI is InChI=1S/C23H21N3OS/c24-23(27)22-21(18-5-1-2-6-20(18)28-22)17-9-11-26(14-17)13-15-7-8-19-16(12-15)4-3-10-25-19/h1-8,10,12,17H,9,11,13-14H2,(H2,24,27)/t17-/m0/s1. The van der Waals surface area contributed by atoms with Crippen molar-refractivity contribution >= 4 is 38.2 Å². The number of nitrogens with zero attached hydrogens (tertiary/aromatic N) is 2. The Bertz CT molecular complexity index is 1180. The van der Waals surface area contributed by atoms with Gasteiger partial charge in [0.2, 0.25) is 0 Å². The number of aromatic nitrogens is 1. The van der Waals surface area contributed by atoms with Crippen molar-refractivity contribution in [2.24, 2.45) is 5.73 Å². The zero-order valence-electron chi connectivity index (χ0n) is 15.5. The molecule has 0 unspecified atom stereocenters. The number of carbonyl (C=O) groups is 1. The van der Waals surface area contributed by atoms with Gasteiger partial charge in [-0.05, 0) is 53.7 Å². The van der Waals surface area contributed by atoms with Gasteiger partial charge in [0.05, 0.1) is 10.4 Å². The number of rotatable bonds is 4. The summed E-state index contributed by atoms with van der Waals surface area (Å²) in [5.74, 6) is 0.0393. The van der Waals surface area contributed by atoms with Crippen LogP contribution in [0.25, 0.3) is 21.0 Å². The van der Waals surface area contributed by atoms with Crippen LogP contribution >= 0.6 is 11.3 Å². The van der Waals surface area contributed by atoms with E-state index in [2.05, 4.69) is 46.3 Å². The fourth-order valence-electron chi connectivity index (χ4n) is 4.35. The lowest BCUT2D eigenvalue weighted by atomic mass is 9.95. The van der Waals surface area contributed by atoms with Crippen molar-refractivity contribution < 1.29 is 4.79 Å². The molecule has 1 aliphatic rings. The summed E-state index contributed by atoms with van der Waals surface area (Å²) >= 11 is 1.53. The van der Waals surface area contributed by atoms with Crippen LogP contribution in [0, 0.1) is 0 Å². The van der Waals surface area contributed by atoms with E-state index in [0.717, 1.165) is 46.7 Å². The third-order valence-corrected chi connectivity index (χ3v) is 6.81. The summed E-state index contributed by atoms with van der Waals surface area (Å²) in [5.41, 5.74) is 9.19. The highest BCUT2D eigenvalue weighted by Crippen LogP contribution is 2.40. The molecule has 4 nitrogen and oxygen atoms in total. The zero-order chi connectivity index (χ0) is 19.1. The third-order valence-electron chi connectivity index (χ3n) is 5.61. The molecular formula is C23H21N3OS. The smallest absolute Gasteiger partial charge is 0.259 e. The molecule has 28 heavy (non-hydrogen) atoms. The number of nitrogens with two attached hydrogens (primary N) is 1. The minimum atomic E-state index is -0.309. The van der Waals surface area contributed by atoms with Crippen LogP contribution < -0.4 is 5.73 Å². The Morgan fingerprint density at radius 3 is 2.96 bits per heavy atom. The first-order valence-electron chi connectivity index (χ1n) is 9.56. The Labute approximate surface area is 167 Å². The summed E-state index contributed by atoms with van der Waals surface area (Å²) in [5, 5.41) is 2.36. The molecule has 0 aliphatic carbocycles. The van der Waals surface area contributed by atoms with E-state index in [0.29, 0.717) is 5.92 Å². The molecule has 2 aromatic heterocycles. The second-order valence-electron chi connectivity index (χ2n) is 7.46. The maximum absolute atomic E-state index is 12.1. The first-order chi connectivity index (χ1) is 13.7. The lowest BCUT2D eigenvalue weighted by molar-refractivity contribution is 0.100. The lowest BCUT2D eigenvalue weighted by Gasteiger charge is -2.17. The molecule has 140 valence electrons. The quantitative estimate of drug-likeness (QED) is 0.559. The third kappa shape index (κ3) is 3.07. The number of thiophene rings is 1. The molecule has 0 saturated carbocycles. The van der Waals surface area contributed by atoms with E-state index < -0.39 is 0 Å². The number of fused-ring (bicyclic) bond motifs is 2. The Balaban J connectivity index is 1.40. The van der Waals surface area contributed by atoms with Crippen LogP contribution in [0.2, 0.25) is 0 Å². The highest BCUT2D eigenvalue weighted by Gasteiger charge is 2.29. The molecule has 0 bridgehead atoms. The van der Waals surface area contributed by atoms with Crippen LogP contribution in [-0.4, -0.2) is 28.9 Å². The largest absolute Gasteiger partial charge is 0.365 e. The van der Waals surface area contributed by atoms with Gasteiger partial charge in [-0.2, -0.15) is 0 Å². The maximum atomic E-state index is 12.1. The van der Waals surface area contributed by atoms with Crippen LogP contribution in [-0.2, 0) is 6.54 Å². The monoisotopic (exact) mass is 387 g/mol. The molecule has 1 amide bonds. The number of carbonyl (C=O) groups excluding carboxylic acids is 1. The summed E-state index contributed by atoms with van der Waals surface area (Å²) in [4.78, 5) is 19.7. The van der Waals surface area contributed by atoms with Gasteiger partial charge in [-0.25, -0.2) is 0 Å². The minimum absolute atomic E-state index is 0.309. The van der Waals surface area contributed by atoms with Gasteiger partial charge in [-0.1, -0.05) is 30.3 Å². The second-order valence-corrected chi connectivity index (χ2v) is 8.51. The van der Waals surface area contributed by atoms with Gasteiger partial charge in [0, 0.05) is 35.3 Å². The van der Waals surface area contributed by atoms with Crippen LogP contribution in [0.4, 0.5) is 0 Å². The number of amides is 1. The highest BCUT2D eigenvalue weighted by molar-refractivity contribution is 7.21. The molecular weight excluding hydrogens is 366 g/mol. The van der Waals surface area contributed by atoms with Crippen molar-refractivity contribution in [3.63, 3.8) is 0 Å². The van der Waals surface area contributed by atoms with Crippen molar-refractivity contribution in [3.8, 4) is 0 Å². The lowest BCUT2D eigenvalue weighted by Crippen LogP contribution is -2.20. The topological polar surface area (TPSA) is 59.2 Å². The van der Waals surface area contributed by atoms with Crippen molar-refractivity contribution in [1.82, 2.24) is 9.88 Å². The SMILES string of the molecule is NC(=O)c1sc2ccccc2c1[C@H]1CCN(Cc2ccc3ncccc3c2)C1. The summed E-state index contributed by atoms with van der Waals surface area (Å²) in [7, 11) is 0. The van der Waals surface area contributed by atoms with E-state index in [9.17, 15) is 4.79 Å². The highest BCUT2D eigenvalue weighted by atomic mass is 32.1. The molecule has 5 heteroatoms. The predicted octanol–water partition coefficient (Wildman–Crippen LogP) is 4.54. The predicted molar refractivity (Wildman–Crippen MR) is 115 cm³/mol. The first-order valence-corrected chi connectivity index (χ1v) is 10.4. The fraction of sp³-hybridized carbons (Fsp3) is 0.217. The summed E-state index contributed by atoms with van der Waals surface area (Å²) < 4.78 is 1.15. The summed E-state index contributed by atoms with van der Waals surface area (Å²) in [6.45, 7) is 2.89. The van der Waals surface area contributed by atoms with E-state index in [4.69, 9.17) is 5.73 Å². The van der Waals surface area contributed by atoms with Gasteiger partial charge in [-0.15, -0.1) is 11.3 Å². The number of primary amides is 1. The average Bonchev–Trinajstić information content (AvgIpc) is 3.32. The summed E-state index contributed by atoms with van der Waals surface area (Å²) in [6.07, 6.45) is 2.88. The van der Waals surface area contributed by atoms with Gasteiger partial charge < -0.3 is 5.73 Å². The molecule has 0 spiro atoms. The molecule has 2 aromatic carbocycles. The molecule has 5 rings (SSSR count). The molecule has 1 saturated heterocycles. The Hall–Kier alpha value is -2.76. The number of hydrogen-bond acceptors (Lipinski definition) is 4. The molecule has 1 aliphatic heterocycles. The molecule has 1 atom stereocenters. The average molecular weight is 388 g/mol. The number of likely N-dealkylation sites (tertiary alicyclic amines) is 1. The molecule has 1 fully saturated rings. The van der Waals surface area contributed by atoms with E-state index in [-0.39, 0.29) is 5.91 Å². The van der Waals surface area contributed by atoms with Crippen LogP contribution in [0.5, 0.6) is 0 Å². The Morgan fingerprint density at radius 1 is 1.18 bits per heavy atom. The summed E-state index contributed by atoms with van der Waals surface area (Å²) in [6, 6.07) is 18.8. The Kier molecular flexibility index (Phi) is 4.34. The van der Waals surface area contributed by atoms with Crippen LogP contribution in [0.1, 0.15) is 33.1 Å². The van der Waals surface area contributed by atoms with Crippen molar-refractivity contribution in [2.45, 2.75) is 18.9 Å². The van der Waals surface area contributed by atoms with Crippen LogP contribution in [0.15, 0.2) is 60.8 Å². The van der Waals surface area contributed by atoms with Crippen LogP contribution in [0.3, 0.4) is 0 Å². The van der Waals surface area contributed by atoms with Gasteiger partial charge in [-0.3, -0.25) is 14.7 Å². The fourth-order valence-corrected chi connectivity index (χ4v) is 5.49. The first kappa shape index (κ1) is 17.3. The van der Waals surface area contributed by atoms with Crippen molar-refractivity contribution in [3.05, 3.63) is 76.8 Å². The van der Waals surface area contributed by atoms with Gasteiger partial charge in [0.1, 0.15) is 0 Å². The molecule has 2 N–H and O–H groups in total. The number of benzene rings is 2. The maximum Gasteiger partial charge on any atom is 0.259 e. The molecule has 0 radical (unpaired) electrons. The molecule has 4 aromatic rings. The minimum Gasteiger partial charge on any atom is -0.365 e. The second kappa shape index (κ2) is 7.00. The van der Waals surface area contributed by atoms with Gasteiger partial charge >= 0.3 is 0 Å². The zero-order valence-corrected chi connectivity index (χ0v) is 16.3. The van der Waals surface area contributed by atoms with Crippen molar-refractivity contribution in [1.29, 1.82) is 0 Å². The van der Waals surface area contributed by atoms with Gasteiger partial charge in [0.25, 0.3) is 5.91 Å². The normalized spacial score (nSPS) is 17.5. The van der Waals surface area contributed by atoms with E-state index in [1.165, 1.54) is 27.7 Å². The number of hydrogen-bond donors (Lipinski definition) is 1.